The van der Waals surface area contributed by atoms with Crippen LogP contribution >= 0.6 is 23.2 Å². The fourth-order valence-corrected chi connectivity index (χ4v) is 2.11. The van der Waals surface area contributed by atoms with Gasteiger partial charge in [-0.05, 0) is 39.0 Å². The van der Waals surface area contributed by atoms with Gasteiger partial charge in [0.25, 0.3) is 0 Å². The predicted octanol–water partition coefficient (Wildman–Crippen LogP) is 2.59. The van der Waals surface area contributed by atoms with Crippen molar-refractivity contribution in [3.63, 3.8) is 0 Å². The predicted molar refractivity (Wildman–Crippen MR) is 61.5 cm³/mol. The third-order valence-corrected chi connectivity index (χ3v) is 3.53. The molecule has 1 fully saturated rings. The van der Waals surface area contributed by atoms with E-state index in [1.165, 1.54) is 0 Å². The van der Waals surface area contributed by atoms with Gasteiger partial charge in [0, 0.05) is 5.92 Å². The van der Waals surface area contributed by atoms with Crippen LogP contribution in [-0.4, -0.2) is 35.2 Å². The Morgan fingerprint density at radius 2 is 1.93 bits per heavy atom. The van der Waals surface area contributed by atoms with Crippen molar-refractivity contribution in [2.75, 3.05) is 20.1 Å². The number of nitrogens with zero attached hydrogens (tertiary/aromatic N) is 3. The third kappa shape index (κ3) is 2.60. The second-order valence-electron chi connectivity index (χ2n) is 3.99. The van der Waals surface area contributed by atoms with E-state index in [1.807, 2.05) is 6.07 Å². The van der Waals surface area contributed by atoms with Gasteiger partial charge in [0.1, 0.15) is 0 Å². The lowest BCUT2D eigenvalue weighted by atomic mass is 9.94. The normalized spacial score (nSPS) is 19.4. The molecule has 82 valence electrons. The first-order chi connectivity index (χ1) is 7.16. The quantitative estimate of drug-likeness (QED) is 0.762. The van der Waals surface area contributed by atoms with Crippen molar-refractivity contribution < 1.29 is 0 Å². The van der Waals surface area contributed by atoms with E-state index in [0.717, 1.165) is 31.6 Å². The first kappa shape index (κ1) is 11.1. The highest BCUT2D eigenvalue weighted by Crippen LogP contribution is 2.28. The minimum atomic E-state index is 0.286. The Morgan fingerprint density at radius 3 is 2.53 bits per heavy atom. The van der Waals surface area contributed by atoms with Crippen molar-refractivity contribution in [1.29, 1.82) is 0 Å². The fourth-order valence-electron chi connectivity index (χ4n) is 1.87. The van der Waals surface area contributed by atoms with E-state index in [-0.39, 0.29) is 5.15 Å². The average molecular weight is 246 g/mol. The van der Waals surface area contributed by atoms with E-state index >= 15 is 0 Å². The Bertz CT molecular complexity index is 349. The number of rotatable bonds is 1. The summed E-state index contributed by atoms with van der Waals surface area (Å²) in [6.07, 6.45) is 2.23. The van der Waals surface area contributed by atoms with E-state index in [2.05, 4.69) is 22.1 Å². The highest BCUT2D eigenvalue weighted by molar-refractivity contribution is 6.41. The molecule has 0 saturated carbocycles. The van der Waals surface area contributed by atoms with Crippen molar-refractivity contribution in [2.45, 2.75) is 18.8 Å². The van der Waals surface area contributed by atoms with E-state index < -0.39 is 0 Å². The van der Waals surface area contributed by atoms with Crippen LogP contribution in [0.4, 0.5) is 0 Å². The van der Waals surface area contributed by atoms with Crippen LogP contribution < -0.4 is 0 Å². The van der Waals surface area contributed by atoms with Gasteiger partial charge >= 0.3 is 0 Å². The van der Waals surface area contributed by atoms with Crippen LogP contribution in [0.3, 0.4) is 0 Å². The Kier molecular flexibility index (Phi) is 3.44. The molecular weight excluding hydrogens is 233 g/mol. The maximum absolute atomic E-state index is 5.92. The van der Waals surface area contributed by atoms with Crippen molar-refractivity contribution in [1.82, 2.24) is 15.1 Å². The molecule has 0 aliphatic carbocycles. The van der Waals surface area contributed by atoms with Crippen LogP contribution in [0, 0.1) is 0 Å². The minimum absolute atomic E-state index is 0.286. The van der Waals surface area contributed by atoms with Gasteiger partial charge in [-0.3, -0.25) is 0 Å². The molecule has 0 bridgehead atoms. The molecule has 0 aromatic carbocycles. The van der Waals surface area contributed by atoms with Crippen molar-refractivity contribution >= 4 is 23.2 Å². The summed E-state index contributed by atoms with van der Waals surface area (Å²) >= 11 is 11.6. The molecule has 0 unspecified atom stereocenters. The monoisotopic (exact) mass is 245 g/mol. The Balaban J connectivity index is 2.12. The van der Waals surface area contributed by atoms with Gasteiger partial charge < -0.3 is 4.90 Å². The summed E-state index contributed by atoms with van der Waals surface area (Å²) in [4.78, 5) is 2.32. The molecule has 0 spiro atoms. The fraction of sp³-hybridized carbons (Fsp3) is 0.600. The van der Waals surface area contributed by atoms with Gasteiger partial charge in [-0.15, -0.1) is 5.10 Å². The molecule has 5 heteroatoms. The summed E-state index contributed by atoms with van der Waals surface area (Å²) in [7, 11) is 2.14. The smallest absolute Gasteiger partial charge is 0.170 e. The number of piperidine rings is 1. The van der Waals surface area contributed by atoms with E-state index in [4.69, 9.17) is 23.2 Å². The number of halogens is 2. The van der Waals surface area contributed by atoms with Gasteiger partial charge in [0.15, 0.2) is 5.15 Å². The van der Waals surface area contributed by atoms with Gasteiger partial charge in [-0.1, -0.05) is 23.2 Å². The molecule has 3 nitrogen and oxygen atoms in total. The maximum atomic E-state index is 5.92. The lowest BCUT2D eigenvalue weighted by Gasteiger charge is -2.28. The average Bonchev–Trinajstić information content (AvgIpc) is 2.23. The molecule has 1 saturated heterocycles. The highest BCUT2D eigenvalue weighted by atomic mass is 35.5. The first-order valence-electron chi connectivity index (χ1n) is 5.04. The first-order valence-corrected chi connectivity index (χ1v) is 5.79. The Labute approximate surface area is 99.4 Å². The minimum Gasteiger partial charge on any atom is -0.306 e. The lowest BCUT2D eigenvalue weighted by molar-refractivity contribution is 0.253. The molecule has 0 radical (unpaired) electrons. The van der Waals surface area contributed by atoms with Gasteiger partial charge in [-0.25, -0.2) is 0 Å². The topological polar surface area (TPSA) is 29.0 Å². The van der Waals surface area contributed by atoms with E-state index in [0.29, 0.717) is 10.9 Å². The lowest BCUT2D eigenvalue weighted by Crippen LogP contribution is -2.29. The SMILES string of the molecule is CN1CCC(c2cc(Cl)c(Cl)nn2)CC1. The second-order valence-corrected chi connectivity index (χ2v) is 4.75. The number of hydrogen-bond donors (Lipinski definition) is 0. The summed E-state index contributed by atoms with van der Waals surface area (Å²) in [5, 5.41) is 8.73. The van der Waals surface area contributed by atoms with Crippen LogP contribution in [0.1, 0.15) is 24.5 Å². The molecule has 1 aliphatic heterocycles. The van der Waals surface area contributed by atoms with Crippen LogP contribution in [0.25, 0.3) is 0 Å². The molecule has 1 aromatic heterocycles. The molecule has 0 N–H and O–H groups in total. The zero-order valence-corrected chi connectivity index (χ0v) is 10.1. The van der Waals surface area contributed by atoms with Gasteiger partial charge in [-0.2, -0.15) is 5.10 Å². The summed E-state index contributed by atoms with van der Waals surface area (Å²) < 4.78 is 0. The summed E-state index contributed by atoms with van der Waals surface area (Å²) in [6, 6.07) is 1.84. The Morgan fingerprint density at radius 1 is 1.27 bits per heavy atom. The maximum Gasteiger partial charge on any atom is 0.170 e. The molecule has 1 aliphatic rings. The molecule has 15 heavy (non-hydrogen) atoms. The number of hydrogen-bond acceptors (Lipinski definition) is 3. The molecule has 2 rings (SSSR count). The van der Waals surface area contributed by atoms with Crippen LogP contribution in [0.5, 0.6) is 0 Å². The summed E-state index contributed by atoms with van der Waals surface area (Å²) in [5.41, 5.74) is 0.970. The van der Waals surface area contributed by atoms with Crippen molar-refractivity contribution in [3.8, 4) is 0 Å². The number of likely N-dealkylation sites (tertiary alicyclic amines) is 1. The van der Waals surface area contributed by atoms with E-state index in [9.17, 15) is 0 Å². The molecule has 0 amide bonds. The Hall–Kier alpha value is -0.380. The third-order valence-electron chi connectivity index (χ3n) is 2.86. The van der Waals surface area contributed by atoms with Crippen LogP contribution in [-0.2, 0) is 0 Å². The van der Waals surface area contributed by atoms with Crippen molar-refractivity contribution in [2.24, 2.45) is 0 Å². The largest absolute Gasteiger partial charge is 0.306 e. The summed E-state index contributed by atoms with van der Waals surface area (Å²) in [6.45, 7) is 2.21. The highest BCUT2D eigenvalue weighted by Gasteiger charge is 2.20. The number of aromatic nitrogens is 2. The van der Waals surface area contributed by atoms with Crippen molar-refractivity contribution in [3.05, 3.63) is 21.9 Å². The molecule has 1 aromatic rings. The van der Waals surface area contributed by atoms with Gasteiger partial charge in [0.2, 0.25) is 0 Å². The second kappa shape index (κ2) is 4.64. The molecular formula is C10H13Cl2N3. The zero-order chi connectivity index (χ0) is 10.8. The van der Waals surface area contributed by atoms with E-state index in [1.54, 1.807) is 0 Å². The standard InChI is InChI=1S/C10H13Cl2N3/c1-15-4-2-7(3-5-15)9-6-8(11)10(12)14-13-9/h6-7H,2-5H2,1H3. The summed E-state index contributed by atoms with van der Waals surface area (Å²) in [5.74, 6) is 0.475. The zero-order valence-electron chi connectivity index (χ0n) is 8.58. The molecule has 0 atom stereocenters. The molecule has 2 heterocycles. The van der Waals surface area contributed by atoms with Gasteiger partial charge in [0.05, 0.1) is 10.7 Å². The van der Waals surface area contributed by atoms with Crippen LogP contribution in [0.15, 0.2) is 6.07 Å². The van der Waals surface area contributed by atoms with Crippen LogP contribution in [0.2, 0.25) is 10.2 Å².